The van der Waals surface area contributed by atoms with Crippen molar-refractivity contribution >= 4 is 17.2 Å². The molecule has 0 saturated carbocycles. The molecule has 0 fully saturated rings. The van der Waals surface area contributed by atoms with Crippen LogP contribution in [0.2, 0.25) is 0 Å². The first-order valence-electron chi connectivity index (χ1n) is 7.83. The minimum atomic E-state index is -0.678. The van der Waals surface area contributed by atoms with Gasteiger partial charge < -0.3 is 9.47 Å². The Bertz CT molecular complexity index is 977. The molecule has 0 aliphatic carbocycles. The van der Waals surface area contributed by atoms with Gasteiger partial charge in [-0.05, 0) is 25.5 Å². The van der Waals surface area contributed by atoms with E-state index in [0.29, 0.717) is 12.2 Å². The standard InChI is InChI=1S/C16H18N6O3/c1-12-17-7-11-20(12)9-5-8-19(2)15-14(22(24)25)16(23)21-10-4-3-6-13(21)18-15/h3-4,6-7,10-11H,5,8-9H2,1-2H3. The summed E-state index contributed by atoms with van der Waals surface area (Å²) in [5, 5.41) is 11.4. The van der Waals surface area contributed by atoms with Gasteiger partial charge >= 0.3 is 11.2 Å². The maximum atomic E-state index is 12.4. The number of fused-ring (bicyclic) bond motifs is 1. The van der Waals surface area contributed by atoms with E-state index in [1.165, 1.54) is 10.6 Å². The van der Waals surface area contributed by atoms with Crippen LogP contribution in [0.5, 0.6) is 0 Å². The second-order valence-electron chi connectivity index (χ2n) is 5.72. The number of hydrogen-bond donors (Lipinski definition) is 0. The Morgan fingerprint density at radius 1 is 1.32 bits per heavy atom. The number of anilines is 1. The molecule has 0 aliphatic heterocycles. The number of pyridine rings is 1. The monoisotopic (exact) mass is 342 g/mol. The highest BCUT2D eigenvalue weighted by molar-refractivity contribution is 5.61. The molecule has 3 aromatic heterocycles. The highest BCUT2D eigenvalue weighted by Gasteiger charge is 2.25. The predicted molar refractivity (Wildman–Crippen MR) is 93.0 cm³/mol. The van der Waals surface area contributed by atoms with Crippen molar-refractivity contribution in [2.75, 3.05) is 18.5 Å². The van der Waals surface area contributed by atoms with Gasteiger partial charge in [0.2, 0.25) is 5.82 Å². The SMILES string of the molecule is Cc1nccn1CCCN(C)c1nc2ccccn2c(=O)c1[N+](=O)[O-]. The van der Waals surface area contributed by atoms with Crippen LogP contribution in [0.1, 0.15) is 12.2 Å². The lowest BCUT2D eigenvalue weighted by molar-refractivity contribution is -0.385. The van der Waals surface area contributed by atoms with Crippen LogP contribution in [0, 0.1) is 17.0 Å². The van der Waals surface area contributed by atoms with Crippen molar-refractivity contribution in [2.45, 2.75) is 19.9 Å². The number of hydrogen-bond acceptors (Lipinski definition) is 6. The van der Waals surface area contributed by atoms with Crippen molar-refractivity contribution in [1.29, 1.82) is 0 Å². The fourth-order valence-corrected chi connectivity index (χ4v) is 2.72. The Morgan fingerprint density at radius 3 is 2.80 bits per heavy atom. The first kappa shape index (κ1) is 16.6. The Morgan fingerprint density at radius 2 is 2.12 bits per heavy atom. The molecule has 3 heterocycles. The normalized spacial score (nSPS) is 11.0. The minimum absolute atomic E-state index is 0.0866. The predicted octanol–water partition coefficient (Wildman–Crippen LogP) is 1.63. The van der Waals surface area contributed by atoms with Gasteiger partial charge in [-0.2, -0.15) is 0 Å². The fraction of sp³-hybridized carbons (Fsp3) is 0.312. The van der Waals surface area contributed by atoms with E-state index < -0.39 is 16.2 Å². The van der Waals surface area contributed by atoms with E-state index in [1.807, 2.05) is 17.7 Å². The van der Waals surface area contributed by atoms with Gasteiger partial charge in [-0.1, -0.05) is 6.07 Å². The molecule has 0 aromatic carbocycles. The largest absolute Gasteiger partial charge is 0.376 e. The van der Waals surface area contributed by atoms with E-state index in [2.05, 4.69) is 9.97 Å². The first-order chi connectivity index (χ1) is 12.0. The zero-order valence-electron chi connectivity index (χ0n) is 14.0. The molecule has 0 N–H and O–H groups in total. The summed E-state index contributed by atoms with van der Waals surface area (Å²) in [6, 6.07) is 5.02. The highest BCUT2D eigenvalue weighted by atomic mass is 16.6. The summed E-state index contributed by atoms with van der Waals surface area (Å²) in [7, 11) is 1.70. The molecular formula is C16H18N6O3. The number of nitro groups is 1. The third-order valence-electron chi connectivity index (χ3n) is 4.05. The van der Waals surface area contributed by atoms with Crippen molar-refractivity contribution < 1.29 is 4.92 Å². The van der Waals surface area contributed by atoms with Gasteiger partial charge in [0.05, 0.1) is 4.92 Å². The molecule has 3 aromatic rings. The molecule has 9 heteroatoms. The molecule has 0 saturated heterocycles. The molecule has 0 amide bonds. The van der Waals surface area contributed by atoms with E-state index in [1.54, 1.807) is 36.3 Å². The van der Waals surface area contributed by atoms with Crippen molar-refractivity contribution in [3.05, 3.63) is 63.1 Å². The third kappa shape index (κ3) is 3.21. The quantitative estimate of drug-likeness (QED) is 0.499. The maximum Gasteiger partial charge on any atom is 0.376 e. The lowest BCUT2D eigenvalue weighted by atomic mass is 10.3. The van der Waals surface area contributed by atoms with E-state index in [4.69, 9.17) is 0 Å². The number of imidazole rings is 1. The van der Waals surface area contributed by atoms with Gasteiger partial charge in [-0.3, -0.25) is 19.3 Å². The lowest BCUT2D eigenvalue weighted by Crippen LogP contribution is -2.27. The van der Waals surface area contributed by atoms with Gasteiger partial charge in [0.15, 0.2) is 0 Å². The molecule has 0 spiro atoms. The first-order valence-corrected chi connectivity index (χ1v) is 7.83. The van der Waals surface area contributed by atoms with E-state index in [0.717, 1.165) is 18.8 Å². The Kier molecular flexibility index (Phi) is 4.46. The van der Waals surface area contributed by atoms with E-state index >= 15 is 0 Å². The van der Waals surface area contributed by atoms with Crippen LogP contribution in [-0.4, -0.2) is 37.5 Å². The number of nitrogens with zero attached hydrogens (tertiary/aromatic N) is 6. The van der Waals surface area contributed by atoms with Gasteiger partial charge in [0.1, 0.15) is 11.5 Å². The molecule has 0 unspecified atom stereocenters. The van der Waals surface area contributed by atoms with Crippen LogP contribution in [-0.2, 0) is 6.54 Å². The smallest absolute Gasteiger partial charge is 0.354 e. The van der Waals surface area contributed by atoms with Gasteiger partial charge in [-0.25, -0.2) is 9.97 Å². The molecule has 0 bridgehead atoms. The fourth-order valence-electron chi connectivity index (χ4n) is 2.72. The van der Waals surface area contributed by atoms with E-state index in [9.17, 15) is 14.9 Å². The van der Waals surface area contributed by atoms with Crippen molar-refractivity contribution in [1.82, 2.24) is 18.9 Å². The number of aromatic nitrogens is 4. The van der Waals surface area contributed by atoms with Crippen LogP contribution in [0.4, 0.5) is 11.5 Å². The van der Waals surface area contributed by atoms with Crippen molar-refractivity contribution in [3.8, 4) is 0 Å². The molecule has 0 aliphatic rings. The van der Waals surface area contributed by atoms with Crippen LogP contribution < -0.4 is 10.5 Å². The van der Waals surface area contributed by atoms with Crippen LogP contribution in [0.15, 0.2) is 41.6 Å². The second-order valence-corrected chi connectivity index (χ2v) is 5.72. The summed E-state index contributed by atoms with van der Waals surface area (Å²) in [6.45, 7) is 3.17. The summed E-state index contributed by atoms with van der Waals surface area (Å²) >= 11 is 0. The minimum Gasteiger partial charge on any atom is -0.354 e. The highest BCUT2D eigenvalue weighted by Crippen LogP contribution is 2.21. The van der Waals surface area contributed by atoms with Gasteiger partial charge in [-0.15, -0.1) is 0 Å². The zero-order chi connectivity index (χ0) is 18.0. The summed E-state index contributed by atoms with van der Waals surface area (Å²) in [5.41, 5.74) is -0.807. The number of aryl methyl sites for hydroxylation is 2. The molecular weight excluding hydrogens is 324 g/mol. The molecule has 130 valence electrons. The second kappa shape index (κ2) is 6.71. The molecule has 3 rings (SSSR count). The Labute approximate surface area is 143 Å². The van der Waals surface area contributed by atoms with E-state index in [-0.39, 0.29) is 5.82 Å². The Hall–Kier alpha value is -3.23. The third-order valence-corrected chi connectivity index (χ3v) is 4.05. The maximum absolute atomic E-state index is 12.4. The zero-order valence-corrected chi connectivity index (χ0v) is 14.0. The van der Waals surface area contributed by atoms with Crippen molar-refractivity contribution in [3.63, 3.8) is 0 Å². The van der Waals surface area contributed by atoms with Crippen LogP contribution in [0.25, 0.3) is 5.65 Å². The molecule has 0 atom stereocenters. The summed E-state index contributed by atoms with van der Waals surface area (Å²) in [4.78, 5) is 33.3. The summed E-state index contributed by atoms with van der Waals surface area (Å²) in [6.07, 6.45) is 5.83. The summed E-state index contributed by atoms with van der Waals surface area (Å²) in [5.74, 6) is 0.999. The lowest BCUT2D eigenvalue weighted by Gasteiger charge is -2.18. The van der Waals surface area contributed by atoms with Gasteiger partial charge in [0.25, 0.3) is 0 Å². The number of rotatable bonds is 6. The van der Waals surface area contributed by atoms with Crippen LogP contribution in [0.3, 0.4) is 0 Å². The van der Waals surface area contributed by atoms with Crippen molar-refractivity contribution in [2.24, 2.45) is 0 Å². The molecule has 9 nitrogen and oxygen atoms in total. The van der Waals surface area contributed by atoms with Crippen LogP contribution >= 0.6 is 0 Å². The van der Waals surface area contributed by atoms with Gasteiger partial charge in [0, 0.05) is 38.7 Å². The summed E-state index contributed by atoms with van der Waals surface area (Å²) < 4.78 is 3.19. The topological polar surface area (TPSA) is 98.6 Å². The average Bonchev–Trinajstić information content (AvgIpc) is 2.99. The Balaban J connectivity index is 1.88. The molecule has 25 heavy (non-hydrogen) atoms. The average molecular weight is 342 g/mol. The molecule has 0 radical (unpaired) electrons.